The van der Waals surface area contributed by atoms with Gasteiger partial charge in [-0.25, -0.2) is 0 Å². The predicted octanol–water partition coefficient (Wildman–Crippen LogP) is 4.51. The summed E-state index contributed by atoms with van der Waals surface area (Å²) in [5.74, 6) is 2.00. The molecule has 5 heteroatoms. The van der Waals surface area contributed by atoms with E-state index in [2.05, 4.69) is 44.4 Å². The molecule has 0 aliphatic carbocycles. The average Bonchev–Trinajstić information content (AvgIpc) is 2.46. The van der Waals surface area contributed by atoms with E-state index in [1.807, 2.05) is 24.2 Å². The van der Waals surface area contributed by atoms with Gasteiger partial charge in [-0.3, -0.25) is 4.98 Å². The summed E-state index contributed by atoms with van der Waals surface area (Å²) in [5, 5.41) is 5.94. The zero-order valence-corrected chi connectivity index (χ0v) is 14.4. The molecule has 3 rings (SSSR count). The number of piperidine rings is 1. The molecule has 0 amide bonds. The van der Waals surface area contributed by atoms with E-state index in [1.54, 1.807) is 0 Å². The largest absolute Gasteiger partial charge is 0.316 e. The van der Waals surface area contributed by atoms with Gasteiger partial charge in [-0.2, -0.15) is 0 Å². The summed E-state index contributed by atoms with van der Waals surface area (Å²) in [7, 11) is 0. The molecule has 0 spiro atoms. The Bertz CT molecular complexity index is 573. The normalized spacial score (nSPS) is 18.8. The highest BCUT2D eigenvalue weighted by Crippen LogP contribution is 2.33. The Morgan fingerprint density at radius 2 is 2.25 bits per heavy atom. The maximum Gasteiger partial charge on any atom is 0.0346 e. The Morgan fingerprint density at radius 1 is 1.35 bits per heavy atom. The van der Waals surface area contributed by atoms with Gasteiger partial charge in [0.05, 0.1) is 0 Å². The van der Waals surface area contributed by atoms with Crippen molar-refractivity contribution in [1.82, 2.24) is 10.3 Å². The molecule has 1 saturated heterocycles. The SMILES string of the molecule is Brc1cc2cnccc2cc1SCC1CCCNC1.Cl. The zero-order chi connectivity index (χ0) is 13.1. The van der Waals surface area contributed by atoms with Crippen LogP contribution in [0.4, 0.5) is 0 Å². The van der Waals surface area contributed by atoms with Gasteiger partial charge in [-0.1, -0.05) is 0 Å². The molecule has 0 saturated carbocycles. The van der Waals surface area contributed by atoms with Crippen molar-refractivity contribution in [1.29, 1.82) is 0 Å². The number of aromatic nitrogens is 1. The van der Waals surface area contributed by atoms with E-state index in [1.165, 1.54) is 51.8 Å². The van der Waals surface area contributed by atoms with Crippen molar-refractivity contribution >= 4 is 50.9 Å². The topological polar surface area (TPSA) is 24.9 Å². The van der Waals surface area contributed by atoms with Gasteiger partial charge in [0, 0.05) is 32.9 Å². The van der Waals surface area contributed by atoms with Gasteiger partial charge in [0.2, 0.25) is 0 Å². The third-order valence-corrected chi connectivity index (χ3v) is 5.77. The van der Waals surface area contributed by atoms with Crippen LogP contribution in [0.2, 0.25) is 0 Å². The molecule has 0 bridgehead atoms. The second-order valence-electron chi connectivity index (χ2n) is 5.03. The number of nitrogens with zero attached hydrogens (tertiary/aromatic N) is 1. The molecule has 1 unspecified atom stereocenters. The predicted molar refractivity (Wildman–Crippen MR) is 93.0 cm³/mol. The van der Waals surface area contributed by atoms with Crippen LogP contribution in [0, 0.1) is 5.92 Å². The molecular formula is C15H18BrClN2S. The maximum absolute atomic E-state index is 4.17. The summed E-state index contributed by atoms with van der Waals surface area (Å²) >= 11 is 5.64. The zero-order valence-electron chi connectivity index (χ0n) is 11.1. The Kier molecular flexibility index (Phi) is 6.15. The Labute approximate surface area is 138 Å². The number of nitrogens with one attached hydrogen (secondary N) is 1. The van der Waals surface area contributed by atoms with Gasteiger partial charge in [-0.15, -0.1) is 24.2 Å². The Morgan fingerprint density at radius 3 is 3.05 bits per heavy atom. The maximum atomic E-state index is 4.17. The second kappa shape index (κ2) is 7.64. The molecule has 1 N–H and O–H groups in total. The number of thioether (sulfide) groups is 1. The van der Waals surface area contributed by atoms with Crippen LogP contribution in [0.15, 0.2) is 40.0 Å². The van der Waals surface area contributed by atoms with Crippen LogP contribution in [0.1, 0.15) is 12.8 Å². The summed E-state index contributed by atoms with van der Waals surface area (Å²) in [6.45, 7) is 2.36. The van der Waals surface area contributed by atoms with Gasteiger partial charge >= 0.3 is 0 Å². The molecule has 20 heavy (non-hydrogen) atoms. The molecule has 1 atom stereocenters. The Balaban J connectivity index is 0.00000147. The average molecular weight is 374 g/mol. The van der Waals surface area contributed by atoms with Gasteiger partial charge in [-0.05, 0) is 71.4 Å². The highest BCUT2D eigenvalue weighted by atomic mass is 79.9. The standard InChI is InChI=1S/C15H17BrN2S.ClH/c16-14-6-13-9-18-5-3-12(13)7-15(14)19-10-11-2-1-4-17-8-11;/h3,5-7,9,11,17H,1-2,4,8,10H2;1H. The first-order valence-electron chi connectivity index (χ1n) is 6.70. The van der Waals surface area contributed by atoms with Crippen molar-refractivity contribution in [2.75, 3.05) is 18.8 Å². The minimum absolute atomic E-state index is 0. The summed E-state index contributed by atoms with van der Waals surface area (Å²) in [6, 6.07) is 6.51. The highest BCUT2D eigenvalue weighted by molar-refractivity contribution is 9.10. The third-order valence-electron chi connectivity index (χ3n) is 3.56. The third kappa shape index (κ3) is 3.88. The number of pyridine rings is 1. The molecular weight excluding hydrogens is 356 g/mol. The molecule has 2 heterocycles. The summed E-state index contributed by atoms with van der Waals surface area (Å²) in [5.41, 5.74) is 0. The minimum atomic E-state index is 0. The van der Waals surface area contributed by atoms with Crippen LogP contribution in [0.25, 0.3) is 10.8 Å². The van der Waals surface area contributed by atoms with Crippen LogP contribution in [-0.2, 0) is 0 Å². The smallest absolute Gasteiger partial charge is 0.0346 e. The van der Waals surface area contributed by atoms with Crippen LogP contribution >= 0.6 is 40.1 Å². The van der Waals surface area contributed by atoms with Crippen molar-refractivity contribution in [3.8, 4) is 0 Å². The van der Waals surface area contributed by atoms with Gasteiger partial charge < -0.3 is 5.32 Å². The van der Waals surface area contributed by atoms with Crippen molar-refractivity contribution in [3.63, 3.8) is 0 Å². The molecule has 2 aromatic rings. The van der Waals surface area contributed by atoms with Crippen molar-refractivity contribution in [2.45, 2.75) is 17.7 Å². The lowest BCUT2D eigenvalue weighted by Crippen LogP contribution is -2.30. The minimum Gasteiger partial charge on any atom is -0.316 e. The molecule has 108 valence electrons. The van der Waals surface area contributed by atoms with Crippen molar-refractivity contribution < 1.29 is 0 Å². The van der Waals surface area contributed by atoms with Gasteiger partial charge in [0.15, 0.2) is 0 Å². The van der Waals surface area contributed by atoms with E-state index < -0.39 is 0 Å². The van der Waals surface area contributed by atoms with E-state index in [0.29, 0.717) is 0 Å². The lowest BCUT2D eigenvalue weighted by molar-refractivity contribution is 0.410. The number of fused-ring (bicyclic) bond motifs is 1. The lowest BCUT2D eigenvalue weighted by atomic mass is 10.0. The van der Waals surface area contributed by atoms with Crippen LogP contribution in [-0.4, -0.2) is 23.8 Å². The number of benzene rings is 1. The number of rotatable bonds is 3. The molecule has 1 fully saturated rings. The fourth-order valence-electron chi connectivity index (χ4n) is 2.47. The van der Waals surface area contributed by atoms with Crippen LogP contribution in [0.3, 0.4) is 0 Å². The van der Waals surface area contributed by atoms with E-state index in [0.717, 1.165) is 5.92 Å². The van der Waals surface area contributed by atoms with E-state index in [9.17, 15) is 0 Å². The van der Waals surface area contributed by atoms with E-state index >= 15 is 0 Å². The summed E-state index contributed by atoms with van der Waals surface area (Å²) < 4.78 is 1.18. The number of hydrogen-bond donors (Lipinski definition) is 1. The molecule has 1 aromatic heterocycles. The lowest BCUT2D eigenvalue weighted by Gasteiger charge is -2.22. The second-order valence-corrected chi connectivity index (χ2v) is 6.95. The molecule has 1 aliphatic heterocycles. The van der Waals surface area contributed by atoms with Crippen molar-refractivity contribution in [2.24, 2.45) is 5.92 Å². The first-order chi connectivity index (χ1) is 9.33. The highest BCUT2D eigenvalue weighted by Gasteiger charge is 2.14. The Hall–Kier alpha value is -0.290. The van der Waals surface area contributed by atoms with E-state index in [4.69, 9.17) is 0 Å². The summed E-state index contributed by atoms with van der Waals surface area (Å²) in [4.78, 5) is 5.50. The van der Waals surface area contributed by atoms with Crippen molar-refractivity contribution in [3.05, 3.63) is 35.1 Å². The number of hydrogen-bond acceptors (Lipinski definition) is 3. The molecule has 1 aromatic carbocycles. The summed E-state index contributed by atoms with van der Waals surface area (Å²) in [6.07, 6.45) is 6.44. The first-order valence-corrected chi connectivity index (χ1v) is 8.47. The van der Waals surface area contributed by atoms with Crippen LogP contribution in [0.5, 0.6) is 0 Å². The van der Waals surface area contributed by atoms with E-state index in [-0.39, 0.29) is 12.4 Å². The van der Waals surface area contributed by atoms with Crippen LogP contribution < -0.4 is 5.32 Å². The van der Waals surface area contributed by atoms with Gasteiger partial charge in [0.25, 0.3) is 0 Å². The number of halogens is 2. The molecule has 0 radical (unpaired) electrons. The fourth-order valence-corrected chi connectivity index (χ4v) is 4.28. The molecule has 1 aliphatic rings. The fraction of sp³-hybridized carbons (Fsp3) is 0.400. The molecule has 2 nitrogen and oxygen atoms in total. The first kappa shape index (κ1) is 16.1. The van der Waals surface area contributed by atoms with Gasteiger partial charge in [0.1, 0.15) is 0 Å². The quantitative estimate of drug-likeness (QED) is 0.801. The monoisotopic (exact) mass is 372 g/mol.